The van der Waals surface area contributed by atoms with Gasteiger partial charge in [0.1, 0.15) is 0 Å². The summed E-state index contributed by atoms with van der Waals surface area (Å²) in [6.45, 7) is 3.30. The number of benzene rings is 1. The van der Waals surface area contributed by atoms with Crippen molar-refractivity contribution < 1.29 is 13.5 Å². The molecule has 2 nitrogen and oxygen atoms in total. The molecule has 17 heavy (non-hydrogen) atoms. The smallest absolute Gasteiger partial charge is 0.163 e. The Balaban J connectivity index is 1.94. The van der Waals surface area contributed by atoms with Gasteiger partial charge in [-0.25, -0.2) is 8.78 Å². The average molecular weight is 241 g/mol. The van der Waals surface area contributed by atoms with Crippen LogP contribution in [0.5, 0.6) is 0 Å². The molecule has 1 heterocycles. The maximum Gasteiger partial charge on any atom is 0.163 e. The van der Waals surface area contributed by atoms with E-state index in [9.17, 15) is 8.78 Å². The average Bonchev–Trinajstić information content (AvgIpc) is 2.82. The van der Waals surface area contributed by atoms with Gasteiger partial charge in [-0.05, 0) is 25.8 Å². The van der Waals surface area contributed by atoms with Gasteiger partial charge in [0.05, 0.1) is 6.10 Å². The van der Waals surface area contributed by atoms with Crippen molar-refractivity contribution in [3.8, 4) is 0 Å². The monoisotopic (exact) mass is 241 g/mol. The van der Waals surface area contributed by atoms with Gasteiger partial charge in [0, 0.05) is 24.8 Å². The van der Waals surface area contributed by atoms with Crippen LogP contribution in [-0.2, 0) is 4.74 Å². The minimum atomic E-state index is -0.798. The van der Waals surface area contributed by atoms with Gasteiger partial charge in [0.25, 0.3) is 0 Å². The van der Waals surface area contributed by atoms with Crippen LogP contribution in [0.15, 0.2) is 18.2 Å². The molecule has 2 unspecified atom stereocenters. The lowest BCUT2D eigenvalue weighted by Crippen LogP contribution is -2.29. The van der Waals surface area contributed by atoms with Crippen LogP contribution < -0.4 is 5.32 Å². The Hall–Kier alpha value is -1.00. The van der Waals surface area contributed by atoms with Gasteiger partial charge >= 0.3 is 0 Å². The van der Waals surface area contributed by atoms with Crippen molar-refractivity contribution in [1.82, 2.24) is 5.32 Å². The molecule has 1 N–H and O–H groups in total. The van der Waals surface area contributed by atoms with Crippen LogP contribution in [-0.4, -0.2) is 19.3 Å². The van der Waals surface area contributed by atoms with Crippen molar-refractivity contribution in [2.24, 2.45) is 0 Å². The lowest BCUT2D eigenvalue weighted by Gasteiger charge is -2.17. The normalized spacial score (nSPS) is 21.7. The number of hydrogen-bond acceptors (Lipinski definition) is 2. The molecular formula is C13H17F2NO. The lowest BCUT2D eigenvalue weighted by molar-refractivity contribution is 0.108. The third-order valence-electron chi connectivity index (χ3n) is 3.12. The largest absolute Gasteiger partial charge is 0.377 e. The fraction of sp³-hybridized carbons (Fsp3) is 0.538. The molecule has 1 aromatic carbocycles. The molecule has 0 radical (unpaired) electrons. The molecule has 1 aliphatic heterocycles. The predicted octanol–water partition coefficient (Wildman–Crippen LogP) is 2.79. The zero-order valence-corrected chi connectivity index (χ0v) is 9.88. The molecule has 0 bridgehead atoms. The molecule has 0 aliphatic carbocycles. The topological polar surface area (TPSA) is 21.3 Å². The summed E-state index contributed by atoms with van der Waals surface area (Å²) in [5, 5.41) is 3.18. The molecule has 0 spiro atoms. The number of rotatable bonds is 4. The molecule has 0 amide bonds. The summed E-state index contributed by atoms with van der Waals surface area (Å²) in [7, 11) is 0. The van der Waals surface area contributed by atoms with Gasteiger partial charge in [0.2, 0.25) is 0 Å². The summed E-state index contributed by atoms with van der Waals surface area (Å²) >= 11 is 0. The highest BCUT2D eigenvalue weighted by Crippen LogP contribution is 2.19. The van der Waals surface area contributed by atoms with Crippen molar-refractivity contribution in [1.29, 1.82) is 0 Å². The van der Waals surface area contributed by atoms with E-state index in [4.69, 9.17) is 4.74 Å². The van der Waals surface area contributed by atoms with Crippen LogP contribution in [0.3, 0.4) is 0 Å². The van der Waals surface area contributed by atoms with Gasteiger partial charge in [-0.1, -0.05) is 12.1 Å². The minimum absolute atomic E-state index is 0.203. The lowest BCUT2D eigenvalue weighted by atomic mass is 10.1. The van der Waals surface area contributed by atoms with Crippen molar-refractivity contribution in [2.75, 3.05) is 13.2 Å². The van der Waals surface area contributed by atoms with Gasteiger partial charge in [-0.3, -0.25) is 0 Å². The van der Waals surface area contributed by atoms with E-state index < -0.39 is 11.6 Å². The van der Waals surface area contributed by atoms with Crippen LogP contribution in [0, 0.1) is 11.6 Å². The fourth-order valence-corrected chi connectivity index (χ4v) is 2.08. The highest BCUT2D eigenvalue weighted by molar-refractivity contribution is 5.21. The molecular weight excluding hydrogens is 224 g/mol. The number of nitrogens with one attached hydrogen (secondary N) is 1. The quantitative estimate of drug-likeness (QED) is 0.875. The first kappa shape index (κ1) is 12.5. The SMILES string of the molecule is CC(NCC1CCCO1)c1cccc(F)c1F. The molecule has 0 aromatic heterocycles. The van der Waals surface area contributed by atoms with E-state index in [1.165, 1.54) is 6.07 Å². The summed E-state index contributed by atoms with van der Waals surface area (Å²) < 4.78 is 32.0. The van der Waals surface area contributed by atoms with Gasteiger partial charge in [-0.2, -0.15) is 0 Å². The third kappa shape index (κ3) is 3.01. The Morgan fingerprint density at radius 1 is 1.47 bits per heavy atom. The Morgan fingerprint density at radius 3 is 3.00 bits per heavy atom. The molecule has 2 atom stereocenters. The molecule has 2 rings (SSSR count). The standard InChI is InChI=1S/C13H17F2NO/c1-9(16-8-10-4-3-7-17-10)11-5-2-6-12(14)13(11)15/h2,5-6,9-10,16H,3-4,7-8H2,1H3. The van der Waals surface area contributed by atoms with E-state index in [1.54, 1.807) is 6.07 Å². The number of hydrogen-bond donors (Lipinski definition) is 1. The van der Waals surface area contributed by atoms with E-state index in [0.29, 0.717) is 12.1 Å². The zero-order chi connectivity index (χ0) is 12.3. The first-order valence-electron chi connectivity index (χ1n) is 5.97. The van der Waals surface area contributed by atoms with E-state index in [-0.39, 0.29) is 12.1 Å². The molecule has 94 valence electrons. The minimum Gasteiger partial charge on any atom is -0.377 e. The highest BCUT2D eigenvalue weighted by Gasteiger charge is 2.18. The fourth-order valence-electron chi connectivity index (χ4n) is 2.08. The Morgan fingerprint density at radius 2 is 2.29 bits per heavy atom. The van der Waals surface area contributed by atoms with Crippen LogP contribution in [0.1, 0.15) is 31.4 Å². The third-order valence-corrected chi connectivity index (χ3v) is 3.12. The molecule has 1 aliphatic rings. The summed E-state index contributed by atoms with van der Waals surface area (Å²) in [6, 6.07) is 4.05. The van der Waals surface area contributed by atoms with Gasteiger partial charge in [-0.15, -0.1) is 0 Å². The Labute approximate surface area is 100.0 Å². The second kappa shape index (κ2) is 5.56. The molecule has 1 saturated heterocycles. The molecule has 0 saturated carbocycles. The number of ether oxygens (including phenoxy) is 1. The second-order valence-corrected chi connectivity index (χ2v) is 4.41. The maximum absolute atomic E-state index is 13.5. The summed E-state index contributed by atoms with van der Waals surface area (Å²) in [4.78, 5) is 0. The van der Waals surface area contributed by atoms with Gasteiger partial charge in [0.15, 0.2) is 11.6 Å². The van der Waals surface area contributed by atoms with Crippen LogP contribution in [0.25, 0.3) is 0 Å². The molecule has 1 aromatic rings. The second-order valence-electron chi connectivity index (χ2n) is 4.41. The predicted molar refractivity (Wildman–Crippen MR) is 61.7 cm³/mol. The van der Waals surface area contributed by atoms with Crippen LogP contribution in [0.4, 0.5) is 8.78 Å². The van der Waals surface area contributed by atoms with Crippen molar-refractivity contribution in [3.05, 3.63) is 35.4 Å². The van der Waals surface area contributed by atoms with Gasteiger partial charge < -0.3 is 10.1 Å². The van der Waals surface area contributed by atoms with Crippen LogP contribution in [0.2, 0.25) is 0 Å². The Kier molecular flexibility index (Phi) is 4.07. The van der Waals surface area contributed by atoms with E-state index in [2.05, 4.69) is 5.32 Å². The zero-order valence-electron chi connectivity index (χ0n) is 9.88. The first-order chi connectivity index (χ1) is 8.18. The summed E-state index contributed by atoms with van der Waals surface area (Å²) in [5.74, 6) is -1.56. The van der Waals surface area contributed by atoms with Crippen molar-refractivity contribution in [2.45, 2.75) is 31.9 Å². The first-order valence-corrected chi connectivity index (χ1v) is 5.97. The maximum atomic E-state index is 13.5. The summed E-state index contributed by atoms with van der Waals surface area (Å²) in [5.41, 5.74) is 0.364. The highest BCUT2D eigenvalue weighted by atomic mass is 19.2. The van der Waals surface area contributed by atoms with Crippen molar-refractivity contribution >= 4 is 0 Å². The number of halogens is 2. The van der Waals surface area contributed by atoms with E-state index in [0.717, 1.165) is 25.5 Å². The summed E-state index contributed by atoms with van der Waals surface area (Å²) in [6.07, 6.45) is 2.31. The van der Waals surface area contributed by atoms with E-state index in [1.807, 2.05) is 6.92 Å². The molecule has 4 heteroatoms. The van der Waals surface area contributed by atoms with Crippen LogP contribution >= 0.6 is 0 Å². The van der Waals surface area contributed by atoms with Crippen molar-refractivity contribution in [3.63, 3.8) is 0 Å². The molecule has 1 fully saturated rings. The van der Waals surface area contributed by atoms with E-state index >= 15 is 0 Å². The Bertz CT molecular complexity index is 378.